The van der Waals surface area contributed by atoms with Crippen molar-refractivity contribution in [3.8, 4) is 0 Å². The Balaban J connectivity index is 1.45. The van der Waals surface area contributed by atoms with Crippen molar-refractivity contribution in [1.29, 1.82) is 0 Å². The number of aromatic nitrogens is 1. The van der Waals surface area contributed by atoms with E-state index in [1.807, 2.05) is 30.2 Å². The second-order valence-corrected chi connectivity index (χ2v) is 7.42. The molecule has 0 saturated carbocycles. The summed E-state index contributed by atoms with van der Waals surface area (Å²) in [5.74, 6) is 1.86. The van der Waals surface area contributed by atoms with Crippen LogP contribution in [0.25, 0.3) is 6.08 Å². The lowest BCUT2D eigenvalue weighted by Crippen LogP contribution is -2.48. The predicted molar refractivity (Wildman–Crippen MR) is 97.6 cm³/mol. The number of para-hydroxylation sites is 1. The molecule has 2 aromatic rings. The van der Waals surface area contributed by atoms with Gasteiger partial charge in [-0.1, -0.05) is 23.7 Å². The topological polar surface area (TPSA) is 36.4 Å². The highest BCUT2D eigenvalue weighted by molar-refractivity contribution is 8.00. The van der Waals surface area contributed by atoms with E-state index in [-0.39, 0.29) is 0 Å². The summed E-state index contributed by atoms with van der Waals surface area (Å²) >= 11 is 8.09. The van der Waals surface area contributed by atoms with Crippen LogP contribution in [0, 0.1) is 0 Å². The van der Waals surface area contributed by atoms with Crippen LogP contribution in [-0.4, -0.2) is 47.4 Å². The standard InChI is InChI=1S/C18H16ClN3OS/c19-15-3-1-2-4-16(15)21-5-7-22(8-6-21)18-9-13-11-20-14(12-23)10-17(13)24-18/h1-4,9-11,18H,5-8H2. The van der Waals surface area contributed by atoms with E-state index in [1.54, 1.807) is 18.0 Å². The van der Waals surface area contributed by atoms with E-state index in [9.17, 15) is 4.79 Å². The Labute approximate surface area is 149 Å². The normalized spacial score (nSPS) is 20.4. The maximum absolute atomic E-state index is 10.8. The monoisotopic (exact) mass is 357 g/mol. The lowest BCUT2D eigenvalue weighted by molar-refractivity contribution is 0.274. The van der Waals surface area contributed by atoms with E-state index >= 15 is 0 Å². The van der Waals surface area contributed by atoms with Gasteiger partial charge in [-0.15, -0.1) is 11.8 Å². The molecule has 2 aliphatic heterocycles. The number of benzene rings is 1. The summed E-state index contributed by atoms with van der Waals surface area (Å²) in [6, 6.07) is 9.83. The van der Waals surface area contributed by atoms with Crippen LogP contribution in [0.3, 0.4) is 0 Å². The molecule has 3 heterocycles. The zero-order chi connectivity index (χ0) is 16.5. The number of carbonyl (C=O) groups excluding carboxylic acids is 1. The van der Waals surface area contributed by atoms with E-state index in [1.165, 1.54) is 0 Å². The van der Waals surface area contributed by atoms with E-state index in [0.29, 0.717) is 10.7 Å². The molecular formula is C18H16ClN3OS. The van der Waals surface area contributed by atoms with Gasteiger partial charge in [-0.3, -0.25) is 4.90 Å². The minimum Gasteiger partial charge on any atom is -0.368 e. The molecule has 0 spiro atoms. The molecule has 1 fully saturated rings. The molecule has 0 bridgehead atoms. The molecule has 6 heteroatoms. The minimum atomic E-state index is 0.303. The first-order valence-corrected chi connectivity index (χ1v) is 9.13. The Morgan fingerprint density at radius 3 is 2.75 bits per heavy atom. The molecule has 4 rings (SSSR count). The summed E-state index contributed by atoms with van der Waals surface area (Å²) in [4.78, 5) is 20.8. The number of nitrogens with zero attached hydrogens (tertiary/aromatic N) is 3. The van der Waals surface area contributed by atoms with Gasteiger partial charge in [0.2, 0.25) is 0 Å². The van der Waals surface area contributed by atoms with Gasteiger partial charge in [0.05, 0.1) is 16.1 Å². The molecule has 0 N–H and O–H groups in total. The second kappa shape index (κ2) is 6.61. The molecule has 122 valence electrons. The number of fused-ring (bicyclic) bond motifs is 1. The predicted octanol–water partition coefficient (Wildman–Crippen LogP) is 1.27. The van der Waals surface area contributed by atoms with E-state index in [0.717, 1.165) is 47.0 Å². The van der Waals surface area contributed by atoms with Crippen molar-refractivity contribution in [2.45, 2.75) is 10.3 Å². The summed E-state index contributed by atoms with van der Waals surface area (Å²) in [5.41, 5.74) is 1.11. The van der Waals surface area contributed by atoms with Crippen molar-refractivity contribution in [1.82, 2.24) is 9.88 Å². The number of thioether (sulfide) groups is 1. The van der Waals surface area contributed by atoms with Crippen molar-refractivity contribution < 1.29 is 4.79 Å². The maximum Gasteiger partial charge on any atom is 0.152 e. The quantitative estimate of drug-likeness (QED) is 0.809. The molecule has 0 radical (unpaired) electrons. The Morgan fingerprint density at radius 2 is 2.00 bits per heavy atom. The summed E-state index contributed by atoms with van der Waals surface area (Å²) in [6.07, 6.45) is 4.00. The molecule has 2 aliphatic rings. The zero-order valence-electron chi connectivity index (χ0n) is 13.0. The second-order valence-electron chi connectivity index (χ2n) is 5.86. The number of pyridine rings is 1. The molecule has 1 unspecified atom stereocenters. The SMILES string of the molecule is O=C=c1cc2c(cn1)=CC(N1CCN(c3ccccc3Cl)CC1)S2. The Kier molecular flexibility index (Phi) is 4.33. The van der Waals surface area contributed by atoms with Crippen LogP contribution in [0.15, 0.2) is 41.4 Å². The van der Waals surface area contributed by atoms with E-state index in [2.05, 4.69) is 26.9 Å². The van der Waals surface area contributed by atoms with Crippen LogP contribution < -0.4 is 15.5 Å². The third-order valence-corrected chi connectivity index (χ3v) is 6.04. The average molecular weight is 358 g/mol. The van der Waals surface area contributed by atoms with Crippen LogP contribution in [0.2, 0.25) is 5.02 Å². The summed E-state index contributed by atoms with van der Waals surface area (Å²) in [6.45, 7) is 3.87. The molecule has 24 heavy (non-hydrogen) atoms. The van der Waals surface area contributed by atoms with E-state index < -0.39 is 0 Å². The summed E-state index contributed by atoms with van der Waals surface area (Å²) in [5, 5.41) is 2.59. The van der Waals surface area contributed by atoms with Gasteiger partial charge in [-0.05, 0) is 24.3 Å². The number of anilines is 1. The minimum absolute atomic E-state index is 0.303. The number of hydrogen-bond acceptors (Lipinski definition) is 5. The van der Waals surface area contributed by atoms with Gasteiger partial charge in [-0.25, -0.2) is 9.78 Å². The first-order valence-electron chi connectivity index (χ1n) is 7.88. The third-order valence-electron chi connectivity index (χ3n) is 4.44. The lowest BCUT2D eigenvalue weighted by Gasteiger charge is -2.38. The fourth-order valence-electron chi connectivity index (χ4n) is 3.15. The first kappa shape index (κ1) is 15.7. The lowest BCUT2D eigenvalue weighted by atomic mass is 10.2. The van der Waals surface area contributed by atoms with Gasteiger partial charge in [0, 0.05) is 42.5 Å². The van der Waals surface area contributed by atoms with Gasteiger partial charge < -0.3 is 4.90 Å². The van der Waals surface area contributed by atoms with Crippen molar-refractivity contribution in [3.05, 3.63) is 52.1 Å². The number of rotatable bonds is 2. The van der Waals surface area contributed by atoms with Crippen LogP contribution in [0.1, 0.15) is 0 Å². The molecule has 0 aliphatic carbocycles. The van der Waals surface area contributed by atoms with Gasteiger partial charge in [0.1, 0.15) is 5.35 Å². The largest absolute Gasteiger partial charge is 0.368 e. The molecule has 1 saturated heterocycles. The number of halogens is 1. The third kappa shape index (κ3) is 2.96. The molecule has 1 aromatic heterocycles. The van der Waals surface area contributed by atoms with Crippen LogP contribution in [0.4, 0.5) is 5.69 Å². The van der Waals surface area contributed by atoms with Gasteiger partial charge in [0.15, 0.2) is 5.94 Å². The smallest absolute Gasteiger partial charge is 0.152 e. The number of piperazine rings is 1. The summed E-state index contributed by atoms with van der Waals surface area (Å²) < 4.78 is 0. The van der Waals surface area contributed by atoms with Gasteiger partial charge in [-0.2, -0.15) is 0 Å². The first-order chi connectivity index (χ1) is 11.7. The number of hydrogen-bond donors (Lipinski definition) is 0. The van der Waals surface area contributed by atoms with Crippen molar-refractivity contribution in [3.63, 3.8) is 0 Å². The van der Waals surface area contributed by atoms with Crippen LogP contribution in [-0.2, 0) is 4.79 Å². The maximum atomic E-state index is 10.8. The highest BCUT2D eigenvalue weighted by Crippen LogP contribution is 2.31. The fraction of sp³-hybridized carbons (Fsp3) is 0.278. The van der Waals surface area contributed by atoms with E-state index in [4.69, 9.17) is 11.6 Å². The molecule has 4 nitrogen and oxygen atoms in total. The Bertz CT molecular complexity index is 905. The van der Waals surface area contributed by atoms with Crippen LogP contribution >= 0.6 is 23.4 Å². The molecular weight excluding hydrogens is 342 g/mol. The fourth-order valence-corrected chi connectivity index (χ4v) is 4.68. The average Bonchev–Trinajstić information content (AvgIpc) is 3.05. The molecule has 1 aromatic carbocycles. The molecule has 0 amide bonds. The van der Waals surface area contributed by atoms with Crippen LogP contribution in [0.5, 0.6) is 0 Å². The highest BCUT2D eigenvalue weighted by Gasteiger charge is 2.26. The Hall–Kier alpha value is -1.78. The highest BCUT2D eigenvalue weighted by atomic mass is 35.5. The van der Waals surface area contributed by atoms with Gasteiger partial charge >= 0.3 is 0 Å². The zero-order valence-corrected chi connectivity index (χ0v) is 14.6. The van der Waals surface area contributed by atoms with Crippen molar-refractivity contribution in [2.24, 2.45) is 0 Å². The Morgan fingerprint density at radius 1 is 1.21 bits per heavy atom. The van der Waals surface area contributed by atoms with Crippen molar-refractivity contribution >= 4 is 41.1 Å². The summed E-state index contributed by atoms with van der Waals surface area (Å²) in [7, 11) is 0. The molecule has 1 atom stereocenters. The van der Waals surface area contributed by atoms with Crippen molar-refractivity contribution in [2.75, 3.05) is 31.1 Å². The van der Waals surface area contributed by atoms with Gasteiger partial charge in [0.25, 0.3) is 0 Å².